The smallest absolute Gasteiger partial charge is 0.248 e. The number of benzene rings is 1. The Hall–Kier alpha value is -1.53. The highest BCUT2D eigenvalue weighted by atomic mass is 32.2. The number of anilines is 1. The highest BCUT2D eigenvalue weighted by Crippen LogP contribution is 2.27. The van der Waals surface area contributed by atoms with Crippen LogP contribution in [0.15, 0.2) is 18.2 Å². The van der Waals surface area contributed by atoms with Crippen molar-refractivity contribution >= 4 is 29.3 Å². The molecule has 0 aliphatic carbocycles. The van der Waals surface area contributed by atoms with Crippen LogP contribution in [-0.4, -0.2) is 47.6 Å². The van der Waals surface area contributed by atoms with Crippen LogP contribution >= 0.6 is 11.8 Å². The summed E-state index contributed by atoms with van der Waals surface area (Å²) < 4.78 is 5.30. The van der Waals surface area contributed by atoms with Gasteiger partial charge in [0.05, 0.1) is 18.4 Å². The lowest BCUT2D eigenvalue weighted by Crippen LogP contribution is -2.47. The van der Waals surface area contributed by atoms with Crippen molar-refractivity contribution < 1.29 is 14.3 Å². The molecule has 2 aliphatic rings. The van der Waals surface area contributed by atoms with Gasteiger partial charge in [-0.3, -0.25) is 9.59 Å². The molecule has 2 heterocycles. The van der Waals surface area contributed by atoms with Crippen LogP contribution in [-0.2, 0) is 14.3 Å². The molecule has 0 saturated carbocycles. The number of carbonyl (C=O) groups excluding carboxylic acids is 2. The van der Waals surface area contributed by atoms with Gasteiger partial charge in [0, 0.05) is 18.0 Å². The molecule has 2 fully saturated rings. The lowest BCUT2D eigenvalue weighted by Gasteiger charge is -2.25. The molecule has 0 spiro atoms. The standard InChI is InChI=1S/C17H22N2O3S/c1-11-3-4-14(12(2)7-11)18-16(20)15-9-23-10-19(15)17(21)13-5-6-22-8-13/h3-4,7,13,15H,5-6,8-10H2,1-2H3,(H,18,20)/t13-,15+/m0/s1. The van der Waals surface area contributed by atoms with E-state index in [1.54, 1.807) is 16.7 Å². The predicted octanol–water partition coefficient (Wildman–Crippen LogP) is 2.18. The summed E-state index contributed by atoms with van der Waals surface area (Å²) in [7, 11) is 0. The van der Waals surface area contributed by atoms with Crippen molar-refractivity contribution in [3.63, 3.8) is 0 Å². The molecule has 124 valence electrons. The molecule has 0 bridgehead atoms. The van der Waals surface area contributed by atoms with E-state index in [1.165, 1.54) is 0 Å². The fraction of sp³-hybridized carbons (Fsp3) is 0.529. The third-order valence-corrected chi connectivity index (χ3v) is 5.40. The van der Waals surface area contributed by atoms with Gasteiger partial charge >= 0.3 is 0 Å². The van der Waals surface area contributed by atoms with E-state index < -0.39 is 6.04 Å². The molecular formula is C17H22N2O3S. The topological polar surface area (TPSA) is 58.6 Å². The number of rotatable bonds is 3. The SMILES string of the molecule is Cc1ccc(NC(=O)[C@H]2CSCN2C(=O)[C@H]2CCOC2)c(C)c1. The molecule has 5 nitrogen and oxygen atoms in total. The number of hydrogen-bond acceptors (Lipinski definition) is 4. The van der Waals surface area contributed by atoms with Gasteiger partial charge in [-0.05, 0) is 31.9 Å². The zero-order chi connectivity index (χ0) is 16.4. The van der Waals surface area contributed by atoms with E-state index in [2.05, 4.69) is 5.32 Å². The van der Waals surface area contributed by atoms with Crippen LogP contribution < -0.4 is 5.32 Å². The number of thioether (sulfide) groups is 1. The number of nitrogens with one attached hydrogen (secondary N) is 1. The first-order chi connectivity index (χ1) is 11.1. The number of carbonyl (C=O) groups is 2. The van der Waals surface area contributed by atoms with Crippen molar-refractivity contribution in [2.45, 2.75) is 26.3 Å². The summed E-state index contributed by atoms with van der Waals surface area (Å²) in [6, 6.07) is 5.54. The lowest BCUT2D eigenvalue weighted by molar-refractivity contribution is -0.139. The van der Waals surface area contributed by atoms with Gasteiger partial charge in [-0.25, -0.2) is 0 Å². The largest absolute Gasteiger partial charge is 0.381 e. The van der Waals surface area contributed by atoms with Crippen LogP contribution in [0, 0.1) is 19.8 Å². The number of nitrogens with zero attached hydrogens (tertiary/aromatic N) is 1. The number of amides is 2. The molecule has 3 rings (SSSR count). The molecule has 1 aromatic rings. The van der Waals surface area contributed by atoms with Gasteiger partial charge < -0.3 is 15.0 Å². The van der Waals surface area contributed by atoms with Crippen LogP contribution in [0.3, 0.4) is 0 Å². The first-order valence-corrected chi connectivity index (χ1v) is 9.06. The van der Waals surface area contributed by atoms with Gasteiger partial charge in [-0.15, -0.1) is 11.8 Å². The molecule has 2 amide bonds. The third kappa shape index (κ3) is 3.53. The van der Waals surface area contributed by atoms with Crippen LogP contribution in [0.4, 0.5) is 5.69 Å². The first kappa shape index (κ1) is 16.3. The van der Waals surface area contributed by atoms with Crippen molar-refractivity contribution in [2.75, 3.05) is 30.2 Å². The molecule has 1 aromatic carbocycles. The number of ether oxygens (including phenoxy) is 1. The minimum Gasteiger partial charge on any atom is -0.381 e. The second-order valence-corrected chi connectivity index (χ2v) is 7.19. The van der Waals surface area contributed by atoms with E-state index in [0.717, 1.165) is 23.2 Å². The summed E-state index contributed by atoms with van der Waals surface area (Å²) >= 11 is 1.63. The van der Waals surface area contributed by atoms with E-state index in [-0.39, 0.29) is 17.7 Å². The van der Waals surface area contributed by atoms with Crippen molar-refractivity contribution in [3.05, 3.63) is 29.3 Å². The Morgan fingerprint density at radius 3 is 2.87 bits per heavy atom. The molecule has 0 aromatic heterocycles. The quantitative estimate of drug-likeness (QED) is 0.920. The zero-order valence-corrected chi connectivity index (χ0v) is 14.3. The first-order valence-electron chi connectivity index (χ1n) is 7.90. The summed E-state index contributed by atoms with van der Waals surface area (Å²) in [5, 5.41) is 2.98. The maximum Gasteiger partial charge on any atom is 0.248 e. The van der Waals surface area contributed by atoms with Crippen molar-refractivity contribution in [3.8, 4) is 0 Å². The van der Waals surface area contributed by atoms with E-state index >= 15 is 0 Å². The Morgan fingerprint density at radius 2 is 2.17 bits per heavy atom. The molecule has 2 aliphatic heterocycles. The fourth-order valence-electron chi connectivity index (χ4n) is 3.01. The Bertz CT molecular complexity index is 614. The van der Waals surface area contributed by atoms with Gasteiger partial charge in [0.15, 0.2) is 0 Å². The zero-order valence-electron chi connectivity index (χ0n) is 13.5. The number of hydrogen-bond donors (Lipinski definition) is 1. The van der Waals surface area contributed by atoms with Gasteiger partial charge in [0.25, 0.3) is 0 Å². The minimum atomic E-state index is -0.395. The van der Waals surface area contributed by atoms with Gasteiger partial charge in [-0.1, -0.05) is 17.7 Å². The van der Waals surface area contributed by atoms with Crippen LogP contribution in [0.25, 0.3) is 0 Å². The summed E-state index contributed by atoms with van der Waals surface area (Å²) in [6.45, 7) is 5.11. The summed E-state index contributed by atoms with van der Waals surface area (Å²) in [5.41, 5.74) is 3.01. The highest BCUT2D eigenvalue weighted by molar-refractivity contribution is 7.99. The molecule has 23 heavy (non-hydrogen) atoms. The van der Waals surface area contributed by atoms with Crippen LogP contribution in [0.5, 0.6) is 0 Å². The summed E-state index contributed by atoms with van der Waals surface area (Å²) in [4.78, 5) is 26.9. The third-order valence-electron chi connectivity index (χ3n) is 4.39. The van der Waals surface area contributed by atoms with Gasteiger partial charge in [0.2, 0.25) is 11.8 Å². The molecule has 2 saturated heterocycles. The average Bonchev–Trinajstić information content (AvgIpc) is 3.20. The normalized spacial score (nSPS) is 24.0. The van der Waals surface area contributed by atoms with E-state index in [9.17, 15) is 9.59 Å². The molecule has 0 unspecified atom stereocenters. The average molecular weight is 334 g/mol. The predicted molar refractivity (Wildman–Crippen MR) is 91.4 cm³/mol. The van der Waals surface area contributed by atoms with Crippen molar-refractivity contribution in [1.82, 2.24) is 4.90 Å². The van der Waals surface area contributed by atoms with Gasteiger partial charge in [0.1, 0.15) is 6.04 Å². The maximum absolute atomic E-state index is 12.6. The molecular weight excluding hydrogens is 312 g/mol. The van der Waals surface area contributed by atoms with E-state index in [4.69, 9.17) is 4.74 Å². The lowest BCUT2D eigenvalue weighted by atomic mass is 10.1. The Labute approximate surface area is 140 Å². The molecule has 2 atom stereocenters. The van der Waals surface area contributed by atoms with E-state index in [1.807, 2.05) is 32.0 Å². The van der Waals surface area contributed by atoms with Crippen LogP contribution in [0.1, 0.15) is 17.5 Å². The van der Waals surface area contributed by atoms with Crippen molar-refractivity contribution in [1.29, 1.82) is 0 Å². The maximum atomic E-state index is 12.6. The molecule has 1 N–H and O–H groups in total. The summed E-state index contributed by atoms with van der Waals surface area (Å²) in [5.74, 6) is 1.09. The Balaban J connectivity index is 1.69. The van der Waals surface area contributed by atoms with E-state index in [0.29, 0.717) is 24.8 Å². The Morgan fingerprint density at radius 1 is 1.35 bits per heavy atom. The molecule has 0 radical (unpaired) electrons. The van der Waals surface area contributed by atoms with Gasteiger partial charge in [-0.2, -0.15) is 0 Å². The Kier molecular flexibility index (Phi) is 4.92. The molecule has 6 heteroatoms. The summed E-state index contributed by atoms with van der Waals surface area (Å²) in [6.07, 6.45) is 0.755. The second-order valence-electron chi connectivity index (χ2n) is 6.19. The fourth-order valence-corrected chi connectivity index (χ4v) is 4.17. The second kappa shape index (κ2) is 6.93. The highest BCUT2D eigenvalue weighted by Gasteiger charge is 2.38. The van der Waals surface area contributed by atoms with Crippen molar-refractivity contribution in [2.24, 2.45) is 5.92 Å². The minimum absolute atomic E-state index is 0.0493. The van der Waals surface area contributed by atoms with Crippen LogP contribution in [0.2, 0.25) is 0 Å². The number of aryl methyl sites for hydroxylation is 2. The monoisotopic (exact) mass is 334 g/mol.